The summed E-state index contributed by atoms with van der Waals surface area (Å²) in [7, 11) is 0. The molecule has 4 atom stereocenters. The summed E-state index contributed by atoms with van der Waals surface area (Å²) in [6.07, 6.45) is 2.14. The van der Waals surface area contributed by atoms with Gasteiger partial charge in [-0.25, -0.2) is 0 Å². The fourth-order valence-electron chi connectivity index (χ4n) is 4.03. The number of carbonyl (C=O) groups excluding carboxylic acids is 1. The zero-order valence-corrected chi connectivity index (χ0v) is 13.3. The van der Waals surface area contributed by atoms with Crippen molar-refractivity contribution < 1.29 is 4.79 Å². The molecule has 4 unspecified atom stereocenters. The Kier molecular flexibility index (Phi) is 3.92. The first-order valence-corrected chi connectivity index (χ1v) is 8.19. The molecule has 1 fully saturated rings. The molecule has 0 aliphatic carbocycles. The summed E-state index contributed by atoms with van der Waals surface area (Å²) in [4.78, 5) is 15.2. The van der Waals surface area contributed by atoms with E-state index in [4.69, 9.17) is 0 Å². The van der Waals surface area contributed by atoms with Crippen LogP contribution in [0, 0.1) is 11.8 Å². The topological polar surface area (TPSA) is 32.3 Å². The molecule has 1 aromatic rings. The normalized spacial score (nSPS) is 32.2. The summed E-state index contributed by atoms with van der Waals surface area (Å²) >= 11 is 0. The van der Waals surface area contributed by atoms with Gasteiger partial charge < -0.3 is 10.2 Å². The van der Waals surface area contributed by atoms with Crippen LogP contribution >= 0.6 is 0 Å². The van der Waals surface area contributed by atoms with Gasteiger partial charge in [-0.3, -0.25) is 4.79 Å². The lowest BCUT2D eigenvalue weighted by Gasteiger charge is -2.39. The minimum Gasteiger partial charge on any atom is -0.382 e. The smallest absolute Gasteiger partial charge is 0.230 e. The Morgan fingerprint density at radius 3 is 2.48 bits per heavy atom. The Bertz CT molecular complexity index is 518. The molecular weight excluding hydrogens is 260 g/mol. The molecule has 21 heavy (non-hydrogen) atoms. The molecule has 114 valence electrons. The van der Waals surface area contributed by atoms with E-state index in [1.165, 1.54) is 12.0 Å². The second-order valence-corrected chi connectivity index (χ2v) is 7.11. The largest absolute Gasteiger partial charge is 0.382 e. The van der Waals surface area contributed by atoms with Crippen LogP contribution in [0.2, 0.25) is 0 Å². The summed E-state index contributed by atoms with van der Waals surface area (Å²) in [6, 6.07) is 8.63. The first-order valence-electron chi connectivity index (χ1n) is 8.19. The van der Waals surface area contributed by atoms with Gasteiger partial charge in [-0.1, -0.05) is 32.0 Å². The molecule has 0 saturated carbocycles. The fourth-order valence-corrected chi connectivity index (χ4v) is 4.03. The number of benzene rings is 1. The number of hydrogen-bond acceptors (Lipinski definition) is 2. The minimum atomic E-state index is 0.0231. The summed E-state index contributed by atoms with van der Waals surface area (Å²) in [5.74, 6) is 1.59. The van der Waals surface area contributed by atoms with Crippen LogP contribution in [0.4, 0.5) is 5.69 Å². The number of piperidine rings is 1. The van der Waals surface area contributed by atoms with Crippen LogP contribution in [0.15, 0.2) is 24.3 Å². The van der Waals surface area contributed by atoms with Gasteiger partial charge in [-0.05, 0) is 43.2 Å². The zero-order chi connectivity index (χ0) is 15.0. The van der Waals surface area contributed by atoms with Crippen molar-refractivity contribution in [3.05, 3.63) is 29.8 Å². The van der Waals surface area contributed by atoms with Crippen LogP contribution in [0.3, 0.4) is 0 Å². The minimum absolute atomic E-state index is 0.0231. The van der Waals surface area contributed by atoms with E-state index < -0.39 is 0 Å². The summed E-state index contributed by atoms with van der Waals surface area (Å²) in [5.41, 5.74) is 2.30. The Morgan fingerprint density at radius 2 is 1.76 bits per heavy atom. The Labute approximate surface area is 127 Å². The third-order valence-corrected chi connectivity index (χ3v) is 4.81. The molecule has 1 saturated heterocycles. The third-order valence-electron chi connectivity index (χ3n) is 4.81. The molecule has 0 radical (unpaired) electrons. The summed E-state index contributed by atoms with van der Waals surface area (Å²) in [5, 5.41) is 3.49. The molecule has 1 N–H and O–H groups in total. The number of para-hydroxylation sites is 1. The Hall–Kier alpha value is -1.51. The van der Waals surface area contributed by atoms with Crippen molar-refractivity contribution in [3.8, 4) is 0 Å². The Morgan fingerprint density at radius 1 is 1.10 bits per heavy atom. The number of amides is 1. The van der Waals surface area contributed by atoms with E-state index in [1.54, 1.807) is 0 Å². The number of rotatable bonds is 1. The van der Waals surface area contributed by atoms with Gasteiger partial charge >= 0.3 is 0 Å². The van der Waals surface area contributed by atoms with Crippen LogP contribution < -0.4 is 5.32 Å². The van der Waals surface area contributed by atoms with Crippen LogP contribution in [-0.4, -0.2) is 29.9 Å². The second-order valence-electron chi connectivity index (χ2n) is 7.11. The lowest BCUT2D eigenvalue weighted by Crippen LogP contribution is -2.46. The van der Waals surface area contributed by atoms with Crippen molar-refractivity contribution >= 4 is 11.6 Å². The lowest BCUT2D eigenvalue weighted by atomic mass is 9.84. The molecule has 3 rings (SSSR count). The molecule has 2 aliphatic rings. The van der Waals surface area contributed by atoms with Crippen LogP contribution in [-0.2, 0) is 4.79 Å². The molecule has 0 bridgehead atoms. The van der Waals surface area contributed by atoms with Gasteiger partial charge in [0.2, 0.25) is 5.91 Å². The van der Waals surface area contributed by atoms with Crippen molar-refractivity contribution in [2.75, 3.05) is 18.4 Å². The summed E-state index contributed by atoms with van der Waals surface area (Å²) in [6.45, 7) is 8.52. The number of nitrogens with one attached hydrogen (secondary N) is 1. The van der Waals surface area contributed by atoms with Gasteiger partial charge in [0.15, 0.2) is 0 Å². The number of likely N-dealkylation sites (tertiary alicyclic amines) is 1. The molecule has 2 heterocycles. The van der Waals surface area contributed by atoms with Gasteiger partial charge in [-0.15, -0.1) is 0 Å². The highest BCUT2D eigenvalue weighted by Gasteiger charge is 2.34. The maximum atomic E-state index is 13.1. The first kappa shape index (κ1) is 14.4. The second kappa shape index (κ2) is 5.70. The fraction of sp³-hybridized carbons (Fsp3) is 0.611. The zero-order valence-electron chi connectivity index (χ0n) is 13.3. The Balaban J connectivity index is 1.84. The third kappa shape index (κ3) is 2.92. The summed E-state index contributed by atoms with van der Waals surface area (Å²) < 4.78 is 0. The molecule has 3 nitrogen and oxygen atoms in total. The van der Waals surface area contributed by atoms with Gasteiger partial charge in [0.25, 0.3) is 0 Å². The van der Waals surface area contributed by atoms with Gasteiger partial charge in [0, 0.05) is 24.8 Å². The molecule has 1 amide bonds. The average Bonchev–Trinajstić information content (AvgIpc) is 2.44. The number of hydrogen-bond donors (Lipinski definition) is 1. The standard InChI is InChI=1S/C18H26N2O/c1-12-8-13(2)11-20(10-12)18(21)16-9-14(3)19-17-7-5-4-6-15(16)17/h4-7,12-14,16,19H,8-11H2,1-3H3. The molecule has 0 aromatic heterocycles. The number of nitrogens with zero attached hydrogens (tertiary/aromatic N) is 1. The van der Waals surface area contributed by atoms with Gasteiger partial charge in [-0.2, -0.15) is 0 Å². The van der Waals surface area contributed by atoms with E-state index in [2.05, 4.69) is 43.1 Å². The van der Waals surface area contributed by atoms with E-state index in [9.17, 15) is 4.79 Å². The van der Waals surface area contributed by atoms with E-state index >= 15 is 0 Å². The van der Waals surface area contributed by atoms with Crippen LogP contribution in [0.5, 0.6) is 0 Å². The lowest BCUT2D eigenvalue weighted by molar-refractivity contribution is -0.135. The number of anilines is 1. The number of fused-ring (bicyclic) bond motifs is 1. The maximum Gasteiger partial charge on any atom is 0.230 e. The van der Waals surface area contributed by atoms with Crippen molar-refractivity contribution in [3.63, 3.8) is 0 Å². The van der Waals surface area contributed by atoms with Crippen LogP contribution in [0.1, 0.15) is 45.1 Å². The highest BCUT2D eigenvalue weighted by molar-refractivity contribution is 5.86. The highest BCUT2D eigenvalue weighted by atomic mass is 16.2. The molecular formula is C18H26N2O. The van der Waals surface area contributed by atoms with E-state index in [-0.39, 0.29) is 5.92 Å². The SMILES string of the molecule is CC1CC(C)CN(C(=O)C2CC(C)Nc3ccccc32)C1. The van der Waals surface area contributed by atoms with E-state index in [1.807, 2.05) is 12.1 Å². The predicted octanol–water partition coefficient (Wildman–Crippen LogP) is 3.48. The van der Waals surface area contributed by atoms with Crippen molar-refractivity contribution in [1.29, 1.82) is 0 Å². The average molecular weight is 286 g/mol. The maximum absolute atomic E-state index is 13.1. The van der Waals surface area contributed by atoms with Gasteiger partial charge in [0.1, 0.15) is 0 Å². The van der Waals surface area contributed by atoms with Crippen molar-refractivity contribution in [2.45, 2.75) is 45.6 Å². The van der Waals surface area contributed by atoms with E-state index in [0.29, 0.717) is 23.8 Å². The molecule has 1 aromatic carbocycles. The van der Waals surface area contributed by atoms with Crippen molar-refractivity contribution in [2.24, 2.45) is 11.8 Å². The van der Waals surface area contributed by atoms with Gasteiger partial charge in [0.05, 0.1) is 5.92 Å². The quantitative estimate of drug-likeness (QED) is 0.857. The van der Waals surface area contributed by atoms with Crippen molar-refractivity contribution in [1.82, 2.24) is 4.90 Å². The first-order chi connectivity index (χ1) is 10.0. The predicted molar refractivity (Wildman–Crippen MR) is 86.4 cm³/mol. The molecule has 0 spiro atoms. The van der Waals surface area contributed by atoms with E-state index in [0.717, 1.165) is 25.2 Å². The molecule has 3 heteroatoms. The molecule has 2 aliphatic heterocycles. The number of carbonyl (C=O) groups is 1. The highest BCUT2D eigenvalue weighted by Crippen LogP contribution is 2.36. The van der Waals surface area contributed by atoms with Crippen LogP contribution in [0.25, 0.3) is 0 Å². The monoisotopic (exact) mass is 286 g/mol.